The van der Waals surface area contributed by atoms with Gasteiger partial charge in [-0.2, -0.15) is 0 Å². The largest absolute Gasteiger partial charge is 0.354 e. The van der Waals surface area contributed by atoms with Crippen LogP contribution in [-0.4, -0.2) is 23.8 Å². The van der Waals surface area contributed by atoms with Crippen LogP contribution < -0.4 is 0 Å². The molecule has 0 saturated carbocycles. The van der Waals surface area contributed by atoms with Crippen molar-refractivity contribution in [1.29, 1.82) is 0 Å². The van der Waals surface area contributed by atoms with E-state index in [2.05, 4.69) is 6.58 Å². The quantitative estimate of drug-likeness (QED) is 0.496. The second-order valence-electron chi connectivity index (χ2n) is 4.44. The minimum absolute atomic E-state index is 0.277. The van der Waals surface area contributed by atoms with Gasteiger partial charge in [-0.25, -0.2) is 0 Å². The summed E-state index contributed by atoms with van der Waals surface area (Å²) in [6.07, 6.45) is 0. The van der Waals surface area contributed by atoms with Crippen molar-refractivity contribution in [2.45, 2.75) is 33.3 Å². The van der Waals surface area contributed by atoms with Crippen molar-refractivity contribution in [1.82, 2.24) is 0 Å². The molecule has 1 heterocycles. The van der Waals surface area contributed by atoms with Crippen LogP contribution in [-0.2, 0) is 14.3 Å². The van der Waals surface area contributed by atoms with Crippen molar-refractivity contribution >= 4 is 11.6 Å². The highest BCUT2D eigenvalue weighted by atomic mass is 16.5. The number of carbonyl (C=O) groups is 2. The number of ether oxygens (including phenoxy) is 1. The molecule has 0 aliphatic carbocycles. The molecule has 0 aromatic heterocycles. The Labute approximate surface area is 84.1 Å². The molecule has 1 aliphatic rings. The van der Waals surface area contributed by atoms with Crippen molar-refractivity contribution in [2.75, 3.05) is 6.61 Å². The standard InChI is InChI=1S/C11H16O3/c1-7-10(4,5)6-14-11(7,8(2)12)9(3)13/h1,6H2,2-5H3. The fourth-order valence-corrected chi connectivity index (χ4v) is 1.82. The number of hydrogen-bond donors (Lipinski definition) is 0. The van der Waals surface area contributed by atoms with Crippen LogP contribution in [0.2, 0.25) is 0 Å². The zero-order chi connectivity index (χ0) is 11.1. The predicted molar refractivity (Wildman–Crippen MR) is 53.0 cm³/mol. The van der Waals surface area contributed by atoms with E-state index in [1.54, 1.807) is 0 Å². The smallest absolute Gasteiger partial charge is 0.205 e. The summed E-state index contributed by atoms with van der Waals surface area (Å²) in [4.78, 5) is 23.0. The molecular weight excluding hydrogens is 180 g/mol. The normalized spacial score (nSPS) is 23.6. The number of hydrogen-bond acceptors (Lipinski definition) is 3. The third kappa shape index (κ3) is 1.23. The van der Waals surface area contributed by atoms with Crippen molar-refractivity contribution in [3.8, 4) is 0 Å². The second-order valence-corrected chi connectivity index (χ2v) is 4.44. The first-order chi connectivity index (χ1) is 6.25. The van der Waals surface area contributed by atoms with E-state index in [4.69, 9.17) is 4.74 Å². The average Bonchev–Trinajstić information content (AvgIpc) is 2.25. The van der Waals surface area contributed by atoms with Crippen LogP contribution in [0.5, 0.6) is 0 Å². The summed E-state index contributed by atoms with van der Waals surface area (Å²) < 4.78 is 5.39. The molecule has 0 atom stereocenters. The van der Waals surface area contributed by atoms with Crippen molar-refractivity contribution in [2.24, 2.45) is 5.41 Å². The fraction of sp³-hybridized carbons (Fsp3) is 0.636. The fourth-order valence-electron chi connectivity index (χ4n) is 1.82. The maximum absolute atomic E-state index is 11.5. The highest BCUT2D eigenvalue weighted by molar-refractivity contribution is 6.12. The summed E-state index contributed by atoms with van der Waals surface area (Å²) in [6, 6.07) is 0. The van der Waals surface area contributed by atoms with Crippen molar-refractivity contribution in [3.63, 3.8) is 0 Å². The van der Waals surface area contributed by atoms with E-state index in [9.17, 15) is 9.59 Å². The van der Waals surface area contributed by atoms with Crippen molar-refractivity contribution < 1.29 is 14.3 Å². The summed E-state index contributed by atoms with van der Waals surface area (Å²) in [5.41, 5.74) is -1.12. The van der Waals surface area contributed by atoms with E-state index in [-0.39, 0.29) is 17.0 Å². The minimum Gasteiger partial charge on any atom is -0.354 e. The Balaban J connectivity index is 3.24. The van der Waals surface area contributed by atoms with Crippen LogP contribution >= 0.6 is 0 Å². The van der Waals surface area contributed by atoms with Gasteiger partial charge in [0.1, 0.15) is 0 Å². The van der Waals surface area contributed by atoms with Crippen LogP contribution in [0.15, 0.2) is 12.2 Å². The van der Waals surface area contributed by atoms with Gasteiger partial charge in [-0.05, 0) is 19.4 Å². The molecule has 0 unspecified atom stereocenters. The lowest BCUT2D eigenvalue weighted by atomic mass is 9.76. The molecular formula is C11H16O3. The molecule has 0 aromatic carbocycles. The molecule has 0 radical (unpaired) electrons. The molecule has 0 aromatic rings. The van der Waals surface area contributed by atoms with E-state index in [1.807, 2.05) is 13.8 Å². The van der Waals surface area contributed by atoms with Crippen LogP contribution in [0.25, 0.3) is 0 Å². The van der Waals surface area contributed by atoms with Crippen molar-refractivity contribution in [3.05, 3.63) is 12.2 Å². The van der Waals surface area contributed by atoms with E-state index in [0.717, 1.165) is 0 Å². The SMILES string of the molecule is C=C1C(C)(C)COC1(C(C)=O)C(C)=O. The highest BCUT2D eigenvalue weighted by Gasteiger charge is 2.54. The van der Waals surface area contributed by atoms with E-state index in [1.165, 1.54) is 13.8 Å². The molecule has 1 saturated heterocycles. The maximum Gasteiger partial charge on any atom is 0.205 e. The molecule has 0 spiro atoms. The number of Topliss-reactive ketones (excluding diaryl/α,β-unsaturated/α-hetero) is 2. The summed E-state index contributed by atoms with van der Waals surface area (Å²) in [6.45, 7) is 10.8. The highest BCUT2D eigenvalue weighted by Crippen LogP contribution is 2.44. The summed E-state index contributed by atoms with van der Waals surface area (Å²) in [5.74, 6) is -0.554. The van der Waals surface area contributed by atoms with Crippen LogP contribution in [0, 0.1) is 5.41 Å². The Morgan fingerprint density at radius 1 is 1.29 bits per heavy atom. The first-order valence-electron chi connectivity index (χ1n) is 4.61. The van der Waals surface area contributed by atoms with Gasteiger partial charge in [0.15, 0.2) is 11.6 Å². The molecule has 0 amide bonds. The van der Waals surface area contributed by atoms with Gasteiger partial charge in [0.05, 0.1) is 6.61 Å². The molecule has 1 aliphatic heterocycles. The summed E-state index contributed by atoms with van der Waals surface area (Å²) in [5, 5.41) is 0. The van der Waals surface area contributed by atoms with E-state index in [0.29, 0.717) is 12.2 Å². The first kappa shape index (κ1) is 11.1. The number of carbonyl (C=O) groups excluding carboxylic acids is 2. The van der Waals surface area contributed by atoms with Gasteiger partial charge in [0.25, 0.3) is 0 Å². The van der Waals surface area contributed by atoms with Gasteiger partial charge >= 0.3 is 0 Å². The van der Waals surface area contributed by atoms with Gasteiger partial charge in [0.2, 0.25) is 5.60 Å². The van der Waals surface area contributed by atoms with E-state index >= 15 is 0 Å². The third-order valence-electron chi connectivity index (χ3n) is 2.88. The topological polar surface area (TPSA) is 43.4 Å². The van der Waals surface area contributed by atoms with Gasteiger partial charge in [-0.3, -0.25) is 9.59 Å². The summed E-state index contributed by atoms with van der Waals surface area (Å²) in [7, 11) is 0. The Kier molecular flexibility index (Phi) is 2.40. The molecule has 1 rings (SSSR count). The average molecular weight is 196 g/mol. The molecule has 1 fully saturated rings. The van der Waals surface area contributed by atoms with Gasteiger partial charge in [0, 0.05) is 5.41 Å². The van der Waals surface area contributed by atoms with Crippen LogP contribution in [0.4, 0.5) is 0 Å². The van der Waals surface area contributed by atoms with Crippen LogP contribution in [0.3, 0.4) is 0 Å². The molecule has 0 bridgehead atoms. The molecule has 3 nitrogen and oxygen atoms in total. The predicted octanol–water partition coefficient (Wildman–Crippen LogP) is 1.52. The Morgan fingerprint density at radius 2 is 1.71 bits per heavy atom. The lowest BCUT2D eigenvalue weighted by Crippen LogP contribution is -2.45. The Morgan fingerprint density at radius 3 is 1.86 bits per heavy atom. The minimum atomic E-state index is -1.39. The first-order valence-corrected chi connectivity index (χ1v) is 4.61. The van der Waals surface area contributed by atoms with Crippen LogP contribution in [0.1, 0.15) is 27.7 Å². The Bertz CT molecular complexity index is 298. The molecule has 3 heteroatoms. The van der Waals surface area contributed by atoms with Gasteiger partial charge in [-0.1, -0.05) is 20.4 Å². The molecule has 0 N–H and O–H groups in total. The maximum atomic E-state index is 11.5. The lowest BCUT2D eigenvalue weighted by molar-refractivity contribution is -0.146. The van der Waals surface area contributed by atoms with Gasteiger partial charge < -0.3 is 4.74 Å². The third-order valence-corrected chi connectivity index (χ3v) is 2.88. The van der Waals surface area contributed by atoms with Gasteiger partial charge in [-0.15, -0.1) is 0 Å². The number of ketones is 2. The molecule has 78 valence electrons. The Hall–Kier alpha value is -0.960. The monoisotopic (exact) mass is 196 g/mol. The lowest BCUT2D eigenvalue weighted by Gasteiger charge is -2.26. The summed E-state index contributed by atoms with van der Waals surface area (Å²) >= 11 is 0. The zero-order valence-corrected chi connectivity index (χ0v) is 9.14. The van der Waals surface area contributed by atoms with E-state index < -0.39 is 5.60 Å². The second kappa shape index (κ2) is 3.02. The zero-order valence-electron chi connectivity index (χ0n) is 9.14. The molecule has 14 heavy (non-hydrogen) atoms. The number of rotatable bonds is 2.